The maximum atomic E-state index is 13.2. The molecule has 0 saturated carbocycles. The van der Waals surface area contributed by atoms with E-state index in [2.05, 4.69) is 10.1 Å². The molecule has 1 fully saturated rings. The Hall–Kier alpha value is -3.42. The number of hydrogen-bond acceptors (Lipinski definition) is 6. The summed E-state index contributed by atoms with van der Waals surface area (Å²) < 4.78 is 29.2. The Labute approximate surface area is 167 Å². The van der Waals surface area contributed by atoms with Gasteiger partial charge in [0.15, 0.2) is 11.5 Å². The van der Waals surface area contributed by atoms with E-state index in [9.17, 15) is 9.18 Å². The van der Waals surface area contributed by atoms with Crippen LogP contribution in [0.25, 0.3) is 11.4 Å². The number of ether oxygens (including phenoxy) is 2. The minimum absolute atomic E-state index is 0.182. The summed E-state index contributed by atoms with van der Waals surface area (Å²) in [6.07, 6.45) is 1.55. The van der Waals surface area contributed by atoms with Crippen LogP contribution < -0.4 is 9.47 Å². The molecule has 0 radical (unpaired) electrons. The molecule has 0 spiro atoms. The van der Waals surface area contributed by atoms with Crippen LogP contribution >= 0.6 is 0 Å². The molecule has 1 aromatic heterocycles. The van der Waals surface area contributed by atoms with Crippen molar-refractivity contribution in [2.75, 3.05) is 20.8 Å². The van der Waals surface area contributed by atoms with E-state index in [1.54, 1.807) is 31.3 Å². The van der Waals surface area contributed by atoms with E-state index in [1.165, 1.54) is 24.3 Å². The van der Waals surface area contributed by atoms with Gasteiger partial charge in [-0.05, 0) is 55.3 Å². The summed E-state index contributed by atoms with van der Waals surface area (Å²) in [5.41, 5.74) is 1.14. The zero-order valence-electron chi connectivity index (χ0n) is 16.1. The number of methoxy groups -OCH3 is 2. The smallest absolute Gasteiger partial charge is 0.254 e. The third-order valence-electron chi connectivity index (χ3n) is 4.97. The highest BCUT2D eigenvalue weighted by molar-refractivity contribution is 5.94. The molecule has 1 saturated heterocycles. The molecule has 4 rings (SSSR count). The number of hydrogen-bond donors (Lipinski definition) is 0. The van der Waals surface area contributed by atoms with Crippen LogP contribution in [0, 0.1) is 5.82 Å². The second-order valence-corrected chi connectivity index (χ2v) is 6.69. The minimum atomic E-state index is -0.379. The molecule has 2 aromatic carbocycles. The Bertz CT molecular complexity index is 1020. The van der Waals surface area contributed by atoms with Gasteiger partial charge >= 0.3 is 0 Å². The van der Waals surface area contributed by atoms with Gasteiger partial charge in [0.05, 0.1) is 14.2 Å². The first-order valence-corrected chi connectivity index (χ1v) is 9.23. The first-order valence-electron chi connectivity index (χ1n) is 9.23. The number of amides is 1. The van der Waals surface area contributed by atoms with Gasteiger partial charge in [0, 0.05) is 17.7 Å². The van der Waals surface area contributed by atoms with Crippen LogP contribution in [0.1, 0.15) is 35.1 Å². The number of nitrogens with zero attached hydrogens (tertiary/aromatic N) is 3. The van der Waals surface area contributed by atoms with Gasteiger partial charge in [-0.25, -0.2) is 4.39 Å². The first-order chi connectivity index (χ1) is 14.1. The molecule has 29 heavy (non-hydrogen) atoms. The van der Waals surface area contributed by atoms with E-state index in [4.69, 9.17) is 14.0 Å². The van der Waals surface area contributed by atoms with Crippen molar-refractivity contribution < 1.29 is 23.2 Å². The Morgan fingerprint density at radius 1 is 1.14 bits per heavy atom. The van der Waals surface area contributed by atoms with E-state index < -0.39 is 0 Å². The summed E-state index contributed by atoms with van der Waals surface area (Å²) in [6, 6.07) is 10.6. The third-order valence-corrected chi connectivity index (χ3v) is 4.97. The van der Waals surface area contributed by atoms with Crippen molar-refractivity contribution in [3.05, 3.63) is 59.7 Å². The van der Waals surface area contributed by atoms with E-state index >= 15 is 0 Å². The Morgan fingerprint density at radius 3 is 2.62 bits per heavy atom. The van der Waals surface area contributed by atoms with Crippen LogP contribution in [0.4, 0.5) is 4.39 Å². The number of carbonyl (C=O) groups excluding carboxylic acids is 1. The molecular weight excluding hydrogens is 377 g/mol. The number of benzene rings is 2. The highest BCUT2D eigenvalue weighted by atomic mass is 19.1. The molecule has 7 nitrogen and oxygen atoms in total. The van der Waals surface area contributed by atoms with Crippen molar-refractivity contribution >= 4 is 5.91 Å². The molecule has 1 unspecified atom stereocenters. The second-order valence-electron chi connectivity index (χ2n) is 6.69. The lowest BCUT2D eigenvalue weighted by molar-refractivity contribution is 0.0710. The predicted molar refractivity (Wildman–Crippen MR) is 102 cm³/mol. The quantitative estimate of drug-likeness (QED) is 0.650. The standard InChI is InChI=1S/C21H20FN3O4/c1-27-17-10-7-14(12-18(17)28-2)19-23-20(29-24-19)16-4-3-11-25(16)21(26)13-5-8-15(22)9-6-13/h5-10,12,16H,3-4,11H2,1-2H3. The summed E-state index contributed by atoms with van der Waals surface area (Å²) in [5, 5.41) is 4.07. The van der Waals surface area contributed by atoms with Gasteiger partial charge in [0.25, 0.3) is 5.91 Å². The van der Waals surface area contributed by atoms with Gasteiger partial charge in [-0.2, -0.15) is 4.98 Å². The zero-order chi connectivity index (χ0) is 20.4. The van der Waals surface area contributed by atoms with E-state index in [-0.39, 0.29) is 17.8 Å². The Morgan fingerprint density at radius 2 is 1.90 bits per heavy atom. The summed E-state index contributed by atoms with van der Waals surface area (Å²) >= 11 is 0. The summed E-state index contributed by atoms with van der Waals surface area (Å²) in [7, 11) is 3.12. The average molecular weight is 397 g/mol. The highest BCUT2D eigenvalue weighted by Crippen LogP contribution is 2.35. The van der Waals surface area contributed by atoms with Crippen molar-refractivity contribution in [2.45, 2.75) is 18.9 Å². The van der Waals surface area contributed by atoms with Crippen LogP contribution in [-0.4, -0.2) is 41.7 Å². The van der Waals surface area contributed by atoms with E-state index in [0.29, 0.717) is 40.9 Å². The molecule has 1 aliphatic heterocycles. The number of halogens is 1. The molecule has 1 atom stereocenters. The molecule has 2 heterocycles. The fourth-order valence-electron chi connectivity index (χ4n) is 3.49. The lowest BCUT2D eigenvalue weighted by Gasteiger charge is -2.21. The van der Waals surface area contributed by atoms with Crippen LogP contribution in [0.15, 0.2) is 47.0 Å². The lowest BCUT2D eigenvalue weighted by atomic mass is 10.1. The Kier molecular flexibility index (Phi) is 5.16. The van der Waals surface area contributed by atoms with Crippen LogP contribution in [0.5, 0.6) is 11.5 Å². The van der Waals surface area contributed by atoms with Gasteiger partial charge in [0.1, 0.15) is 11.9 Å². The number of likely N-dealkylation sites (tertiary alicyclic amines) is 1. The molecule has 0 N–H and O–H groups in total. The number of aromatic nitrogens is 2. The van der Waals surface area contributed by atoms with Crippen molar-refractivity contribution in [2.24, 2.45) is 0 Å². The Balaban J connectivity index is 1.58. The monoisotopic (exact) mass is 397 g/mol. The van der Waals surface area contributed by atoms with Crippen LogP contribution in [0.2, 0.25) is 0 Å². The van der Waals surface area contributed by atoms with Crippen LogP contribution in [0.3, 0.4) is 0 Å². The van der Waals surface area contributed by atoms with Gasteiger partial charge in [-0.3, -0.25) is 4.79 Å². The van der Waals surface area contributed by atoms with Crippen molar-refractivity contribution in [3.63, 3.8) is 0 Å². The van der Waals surface area contributed by atoms with Gasteiger partial charge in [-0.15, -0.1) is 0 Å². The lowest BCUT2D eigenvalue weighted by Crippen LogP contribution is -2.30. The van der Waals surface area contributed by atoms with Crippen molar-refractivity contribution in [3.8, 4) is 22.9 Å². The number of carbonyl (C=O) groups is 1. The molecule has 0 bridgehead atoms. The molecular formula is C21H20FN3O4. The summed E-state index contributed by atoms with van der Waals surface area (Å²) in [4.78, 5) is 19.1. The first kappa shape index (κ1) is 18.9. The van der Waals surface area contributed by atoms with E-state index in [1.807, 2.05) is 6.07 Å². The third kappa shape index (κ3) is 3.65. The normalized spacial score (nSPS) is 16.1. The average Bonchev–Trinajstić information content (AvgIpc) is 3.42. The SMILES string of the molecule is COc1ccc(-c2noc(C3CCCN3C(=O)c3ccc(F)cc3)n2)cc1OC. The topological polar surface area (TPSA) is 77.7 Å². The molecule has 1 amide bonds. The van der Waals surface area contributed by atoms with E-state index in [0.717, 1.165) is 12.8 Å². The van der Waals surface area contributed by atoms with Gasteiger partial charge in [0.2, 0.25) is 11.7 Å². The maximum absolute atomic E-state index is 13.2. The second kappa shape index (κ2) is 7.90. The maximum Gasteiger partial charge on any atom is 0.254 e. The van der Waals surface area contributed by atoms with Crippen LogP contribution in [-0.2, 0) is 0 Å². The fourth-order valence-corrected chi connectivity index (χ4v) is 3.49. The van der Waals surface area contributed by atoms with Gasteiger partial charge < -0.3 is 18.9 Å². The molecule has 150 valence electrons. The van der Waals surface area contributed by atoms with Gasteiger partial charge in [-0.1, -0.05) is 5.16 Å². The number of rotatable bonds is 5. The molecule has 0 aliphatic carbocycles. The molecule has 1 aliphatic rings. The van der Waals surface area contributed by atoms with Crippen molar-refractivity contribution in [1.29, 1.82) is 0 Å². The zero-order valence-corrected chi connectivity index (χ0v) is 16.1. The summed E-state index contributed by atoms with van der Waals surface area (Å²) in [6.45, 7) is 0.578. The predicted octanol–water partition coefficient (Wildman–Crippen LogP) is 3.87. The molecule has 8 heteroatoms. The minimum Gasteiger partial charge on any atom is -0.493 e. The van der Waals surface area contributed by atoms with Crippen molar-refractivity contribution in [1.82, 2.24) is 15.0 Å². The summed E-state index contributed by atoms with van der Waals surface area (Å²) in [5.74, 6) is 1.39. The molecule has 3 aromatic rings. The highest BCUT2D eigenvalue weighted by Gasteiger charge is 2.34. The largest absolute Gasteiger partial charge is 0.493 e. The fraction of sp³-hybridized carbons (Fsp3) is 0.286.